The van der Waals surface area contributed by atoms with E-state index in [0.29, 0.717) is 17.5 Å². The summed E-state index contributed by atoms with van der Waals surface area (Å²) in [6.45, 7) is 4.40. The first-order chi connectivity index (χ1) is 7.65. The minimum Gasteiger partial charge on any atom is -0.444 e. The first kappa shape index (κ1) is 11.0. The van der Waals surface area contributed by atoms with Gasteiger partial charge in [-0.05, 0) is 32.0 Å². The molecule has 0 saturated heterocycles. The first-order valence-corrected chi connectivity index (χ1v) is 5.45. The summed E-state index contributed by atoms with van der Waals surface area (Å²) in [7, 11) is 0. The molecule has 0 aliphatic heterocycles. The van der Waals surface area contributed by atoms with Crippen molar-refractivity contribution < 1.29 is 4.42 Å². The van der Waals surface area contributed by atoms with Crippen molar-refractivity contribution in [2.24, 2.45) is 0 Å². The van der Waals surface area contributed by atoms with Crippen LogP contribution >= 0.6 is 11.6 Å². The lowest BCUT2D eigenvalue weighted by molar-refractivity contribution is 0.478. The molecule has 1 heterocycles. The van der Waals surface area contributed by atoms with Crippen molar-refractivity contribution in [1.29, 1.82) is 0 Å². The van der Waals surface area contributed by atoms with E-state index >= 15 is 0 Å². The van der Waals surface area contributed by atoms with Gasteiger partial charge < -0.3 is 9.73 Å². The lowest BCUT2D eigenvalue weighted by atomic mass is 10.3. The van der Waals surface area contributed by atoms with Crippen LogP contribution in [0.5, 0.6) is 0 Å². The van der Waals surface area contributed by atoms with Crippen LogP contribution in [0.15, 0.2) is 28.7 Å². The van der Waals surface area contributed by atoms with Crippen molar-refractivity contribution in [2.45, 2.75) is 20.4 Å². The molecule has 0 fully saturated rings. The number of hydrogen-bond acceptors (Lipinski definition) is 3. The van der Waals surface area contributed by atoms with Gasteiger partial charge in [0.1, 0.15) is 5.76 Å². The largest absolute Gasteiger partial charge is 0.444 e. The Hall–Kier alpha value is -1.48. The summed E-state index contributed by atoms with van der Waals surface area (Å²) in [4.78, 5) is 4.29. The van der Waals surface area contributed by atoms with Gasteiger partial charge in [0.2, 0.25) is 5.89 Å². The van der Waals surface area contributed by atoms with Gasteiger partial charge in [0, 0.05) is 10.7 Å². The minimum atomic E-state index is 0.565. The Kier molecular flexibility index (Phi) is 3.15. The topological polar surface area (TPSA) is 38.1 Å². The Bertz CT molecular complexity index is 474. The van der Waals surface area contributed by atoms with Crippen LogP contribution in [0.25, 0.3) is 0 Å². The molecule has 2 aromatic rings. The zero-order valence-corrected chi connectivity index (χ0v) is 10.0. The smallest absolute Gasteiger partial charge is 0.213 e. The molecule has 1 N–H and O–H groups in total. The predicted molar refractivity (Wildman–Crippen MR) is 64.8 cm³/mol. The van der Waals surface area contributed by atoms with E-state index in [0.717, 1.165) is 17.1 Å². The average Bonchev–Trinajstić information content (AvgIpc) is 2.56. The Labute approximate surface area is 99.5 Å². The third-order valence-corrected chi connectivity index (χ3v) is 2.58. The van der Waals surface area contributed by atoms with Crippen molar-refractivity contribution in [3.63, 3.8) is 0 Å². The number of aryl methyl sites for hydroxylation is 2. The maximum absolute atomic E-state index is 5.88. The van der Waals surface area contributed by atoms with Crippen LogP contribution in [0.2, 0.25) is 5.02 Å². The summed E-state index contributed by atoms with van der Waals surface area (Å²) in [6, 6.07) is 7.56. The number of nitrogens with one attached hydrogen (secondary N) is 1. The van der Waals surface area contributed by atoms with E-state index in [-0.39, 0.29) is 0 Å². The molecule has 16 heavy (non-hydrogen) atoms. The van der Waals surface area contributed by atoms with Crippen LogP contribution in [0.4, 0.5) is 5.69 Å². The van der Waals surface area contributed by atoms with Gasteiger partial charge >= 0.3 is 0 Å². The fourth-order valence-corrected chi connectivity index (χ4v) is 1.58. The van der Waals surface area contributed by atoms with Crippen LogP contribution in [-0.4, -0.2) is 4.98 Å². The number of rotatable bonds is 3. The maximum atomic E-state index is 5.88. The number of hydrogen-bond donors (Lipinski definition) is 1. The predicted octanol–water partition coefficient (Wildman–Crippen LogP) is 3.56. The van der Waals surface area contributed by atoms with Gasteiger partial charge in [-0.25, -0.2) is 4.98 Å². The minimum absolute atomic E-state index is 0.565. The monoisotopic (exact) mass is 236 g/mol. The molecule has 84 valence electrons. The Morgan fingerprint density at radius 3 is 2.81 bits per heavy atom. The molecular formula is C12H13ClN2O. The van der Waals surface area contributed by atoms with E-state index in [4.69, 9.17) is 16.0 Å². The summed E-state index contributed by atoms with van der Waals surface area (Å²) in [6.07, 6.45) is 0. The molecule has 1 aromatic carbocycles. The number of aromatic nitrogens is 1. The van der Waals surface area contributed by atoms with Crippen molar-refractivity contribution in [3.8, 4) is 0 Å². The molecule has 0 spiro atoms. The number of halogens is 1. The van der Waals surface area contributed by atoms with Crippen LogP contribution in [0.3, 0.4) is 0 Å². The fraction of sp³-hybridized carbons (Fsp3) is 0.250. The molecule has 0 aliphatic rings. The van der Waals surface area contributed by atoms with Gasteiger partial charge in [-0.2, -0.15) is 0 Å². The summed E-state index contributed by atoms with van der Waals surface area (Å²) in [5.74, 6) is 1.55. The fourth-order valence-electron chi connectivity index (χ4n) is 1.39. The zero-order chi connectivity index (χ0) is 11.5. The second-order valence-electron chi connectivity index (χ2n) is 3.61. The Balaban J connectivity index is 2.02. The number of benzene rings is 1. The van der Waals surface area contributed by atoms with E-state index in [2.05, 4.69) is 10.3 Å². The van der Waals surface area contributed by atoms with Crippen molar-refractivity contribution in [2.75, 3.05) is 5.32 Å². The van der Waals surface area contributed by atoms with Crippen LogP contribution < -0.4 is 5.32 Å². The Morgan fingerprint density at radius 1 is 1.38 bits per heavy atom. The first-order valence-electron chi connectivity index (χ1n) is 5.07. The van der Waals surface area contributed by atoms with Gasteiger partial charge in [0.25, 0.3) is 0 Å². The summed E-state index contributed by atoms with van der Waals surface area (Å²) >= 11 is 5.88. The normalized spacial score (nSPS) is 10.4. The van der Waals surface area contributed by atoms with E-state index in [1.54, 1.807) is 0 Å². The quantitative estimate of drug-likeness (QED) is 0.886. The molecule has 0 atom stereocenters. The number of oxazole rings is 1. The molecular weight excluding hydrogens is 224 g/mol. The summed E-state index contributed by atoms with van der Waals surface area (Å²) < 4.78 is 5.46. The van der Waals surface area contributed by atoms with Crippen molar-refractivity contribution in [1.82, 2.24) is 4.98 Å². The highest BCUT2D eigenvalue weighted by molar-refractivity contribution is 6.30. The van der Waals surface area contributed by atoms with Gasteiger partial charge in [0.05, 0.1) is 12.2 Å². The van der Waals surface area contributed by atoms with E-state index in [9.17, 15) is 0 Å². The SMILES string of the molecule is Cc1nc(CNc2cccc(Cl)c2)oc1C. The molecule has 4 heteroatoms. The highest BCUT2D eigenvalue weighted by Crippen LogP contribution is 2.16. The van der Waals surface area contributed by atoms with Gasteiger partial charge in [0.15, 0.2) is 0 Å². The van der Waals surface area contributed by atoms with Gasteiger partial charge in [-0.15, -0.1) is 0 Å². The highest BCUT2D eigenvalue weighted by atomic mass is 35.5. The van der Waals surface area contributed by atoms with Crippen LogP contribution in [-0.2, 0) is 6.54 Å². The molecule has 0 bridgehead atoms. The molecule has 0 amide bonds. The average molecular weight is 237 g/mol. The van der Waals surface area contributed by atoms with Crippen molar-refractivity contribution >= 4 is 17.3 Å². The standard InChI is InChI=1S/C12H13ClN2O/c1-8-9(2)16-12(15-8)7-14-11-5-3-4-10(13)6-11/h3-6,14H,7H2,1-2H3. The van der Waals surface area contributed by atoms with E-state index < -0.39 is 0 Å². The molecule has 0 unspecified atom stereocenters. The molecule has 2 rings (SSSR count). The van der Waals surface area contributed by atoms with Gasteiger partial charge in [-0.1, -0.05) is 17.7 Å². The second kappa shape index (κ2) is 4.58. The number of anilines is 1. The maximum Gasteiger partial charge on any atom is 0.213 e. The zero-order valence-electron chi connectivity index (χ0n) is 9.25. The number of nitrogens with zero attached hydrogens (tertiary/aromatic N) is 1. The molecule has 1 aromatic heterocycles. The van der Waals surface area contributed by atoms with E-state index in [1.807, 2.05) is 38.1 Å². The second-order valence-corrected chi connectivity index (χ2v) is 4.05. The molecule has 0 radical (unpaired) electrons. The third kappa shape index (κ3) is 2.55. The molecule has 0 saturated carbocycles. The van der Waals surface area contributed by atoms with E-state index in [1.165, 1.54) is 0 Å². The summed E-state index contributed by atoms with van der Waals surface area (Å²) in [5, 5.41) is 3.91. The van der Waals surface area contributed by atoms with Crippen LogP contribution in [0, 0.1) is 13.8 Å². The summed E-state index contributed by atoms with van der Waals surface area (Å²) in [5.41, 5.74) is 1.89. The lowest BCUT2D eigenvalue weighted by Crippen LogP contribution is -1.99. The molecule has 0 aliphatic carbocycles. The Morgan fingerprint density at radius 2 is 2.19 bits per heavy atom. The van der Waals surface area contributed by atoms with Crippen LogP contribution in [0.1, 0.15) is 17.3 Å². The highest BCUT2D eigenvalue weighted by Gasteiger charge is 2.04. The van der Waals surface area contributed by atoms with Gasteiger partial charge in [-0.3, -0.25) is 0 Å². The molecule has 3 nitrogen and oxygen atoms in total. The lowest BCUT2D eigenvalue weighted by Gasteiger charge is -2.03. The van der Waals surface area contributed by atoms with Crippen molar-refractivity contribution in [3.05, 3.63) is 46.6 Å². The third-order valence-electron chi connectivity index (χ3n) is 2.34.